The zero-order chi connectivity index (χ0) is 13.7. The normalized spacial score (nSPS) is 23.0. The topological polar surface area (TPSA) is 62.0 Å². The summed E-state index contributed by atoms with van der Waals surface area (Å²) in [7, 11) is 0. The smallest absolute Gasteiger partial charge is 0.256 e. The minimum atomic E-state index is -0.277. The van der Waals surface area contributed by atoms with Crippen molar-refractivity contribution in [3.63, 3.8) is 0 Å². The molecule has 5 heteroatoms. The molecule has 2 N–H and O–H groups in total. The van der Waals surface area contributed by atoms with Gasteiger partial charge >= 0.3 is 0 Å². The number of halogens is 1. The van der Waals surface area contributed by atoms with Crippen LogP contribution in [0.3, 0.4) is 0 Å². The predicted molar refractivity (Wildman–Crippen MR) is 78.6 cm³/mol. The maximum atomic E-state index is 12.0. The van der Waals surface area contributed by atoms with Crippen molar-refractivity contribution in [1.29, 1.82) is 0 Å². The van der Waals surface area contributed by atoms with E-state index in [1.54, 1.807) is 0 Å². The molecule has 2 atom stereocenters. The first-order valence-corrected chi connectivity index (χ1v) is 7.85. The third kappa shape index (κ3) is 3.69. The summed E-state index contributed by atoms with van der Waals surface area (Å²) < 4.78 is 0. The lowest BCUT2D eigenvalue weighted by molar-refractivity contribution is 0.0935. The van der Waals surface area contributed by atoms with E-state index in [9.17, 15) is 9.59 Å². The molecule has 1 aromatic rings. The van der Waals surface area contributed by atoms with Gasteiger partial charge in [0, 0.05) is 30.3 Å². The monoisotopic (exact) mass is 326 g/mol. The Balaban J connectivity index is 1.93. The van der Waals surface area contributed by atoms with Crippen LogP contribution in [0.15, 0.2) is 23.3 Å². The molecule has 1 amide bonds. The average Bonchev–Trinajstić information content (AvgIpc) is 2.45. The summed E-state index contributed by atoms with van der Waals surface area (Å²) >= 11 is 3.55. The number of aromatic amines is 1. The van der Waals surface area contributed by atoms with E-state index in [4.69, 9.17) is 0 Å². The van der Waals surface area contributed by atoms with Crippen LogP contribution in [0.4, 0.5) is 0 Å². The lowest BCUT2D eigenvalue weighted by atomic mass is 9.80. The van der Waals surface area contributed by atoms with Crippen LogP contribution in [0.1, 0.15) is 36.0 Å². The van der Waals surface area contributed by atoms with Gasteiger partial charge in [0.15, 0.2) is 5.43 Å². The van der Waals surface area contributed by atoms with Crippen LogP contribution in [-0.2, 0) is 0 Å². The number of carbonyl (C=O) groups excluding carboxylic acids is 1. The summed E-state index contributed by atoms with van der Waals surface area (Å²) in [6.45, 7) is 0.656. The van der Waals surface area contributed by atoms with Crippen molar-refractivity contribution in [3.05, 3.63) is 34.2 Å². The van der Waals surface area contributed by atoms with Gasteiger partial charge in [-0.3, -0.25) is 9.59 Å². The van der Waals surface area contributed by atoms with Gasteiger partial charge in [-0.2, -0.15) is 0 Å². The molecule has 1 aliphatic rings. The highest BCUT2D eigenvalue weighted by Crippen LogP contribution is 2.30. The first kappa shape index (κ1) is 14.3. The standard InChI is InChI=1S/C14H19BrN2O2/c15-7-10-3-1-2-4-11(10)8-17-14(19)12-9-16-6-5-13(12)18/h5-6,9-11H,1-4,7-8H2,(H,16,18)(H,17,19). The van der Waals surface area contributed by atoms with Gasteiger partial charge in [0.2, 0.25) is 0 Å². The summed E-state index contributed by atoms with van der Waals surface area (Å²) in [5, 5.41) is 3.88. The average molecular weight is 327 g/mol. The van der Waals surface area contributed by atoms with Crippen LogP contribution >= 0.6 is 15.9 Å². The molecular formula is C14H19BrN2O2. The summed E-state index contributed by atoms with van der Waals surface area (Å²) in [5.41, 5.74) is -0.0503. The minimum Gasteiger partial charge on any atom is -0.367 e. The molecule has 2 rings (SSSR count). The van der Waals surface area contributed by atoms with Crippen molar-refractivity contribution in [2.24, 2.45) is 11.8 Å². The van der Waals surface area contributed by atoms with Crippen molar-refractivity contribution < 1.29 is 4.79 Å². The molecular weight excluding hydrogens is 308 g/mol. The fourth-order valence-corrected chi connectivity index (χ4v) is 3.52. The first-order chi connectivity index (χ1) is 9.22. The highest BCUT2D eigenvalue weighted by molar-refractivity contribution is 9.09. The molecule has 4 nitrogen and oxygen atoms in total. The lowest BCUT2D eigenvalue weighted by Gasteiger charge is -2.30. The third-order valence-electron chi connectivity index (χ3n) is 3.86. The zero-order valence-corrected chi connectivity index (χ0v) is 12.4. The SMILES string of the molecule is O=C(NCC1CCCCC1CBr)c1c[nH]ccc1=O. The molecule has 1 saturated carbocycles. The molecule has 1 heterocycles. The number of aromatic nitrogens is 1. The third-order valence-corrected chi connectivity index (χ3v) is 4.69. The van der Waals surface area contributed by atoms with Crippen molar-refractivity contribution >= 4 is 21.8 Å². The van der Waals surface area contributed by atoms with Gasteiger partial charge in [-0.25, -0.2) is 0 Å². The number of hydrogen-bond acceptors (Lipinski definition) is 2. The summed E-state index contributed by atoms with van der Waals surface area (Å²) in [5.74, 6) is 0.865. The Bertz CT molecular complexity index is 486. The van der Waals surface area contributed by atoms with Crippen molar-refractivity contribution in [2.75, 3.05) is 11.9 Å². The Kier molecular flexibility index (Phi) is 5.19. The number of amides is 1. The Morgan fingerprint density at radius 3 is 2.79 bits per heavy atom. The molecule has 104 valence electrons. The van der Waals surface area contributed by atoms with E-state index in [0.29, 0.717) is 18.4 Å². The maximum absolute atomic E-state index is 12.0. The molecule has 0 radical (unpaired) electrons. The van der Waals surface area contributed by atoms with E-state index < -0.39 is 0 Å². The van der Waals surface area contributed by atoms with E-state index in [1.165, 1.54) is 37.7 Å². The van der Waals surface area contributed by atoms with Gasteiger partial charge in [0.25, 0.3) is 5.91 Å². The molecule has 1 aliphatic carbocycles. The molecule has 1 fully saturated rings. The molecule has 0 aromatic carbocycles. The predicted octanol–water partition coefficient (Wildman–Crippen LogP) is 2.31. The Morgan fingerprint density at radius 2 is 2.11 bits per heavy atom. The first-order valence-electron chi connectivity index (χ1n) is 6.73. The molecule has 0 saturated heterocycles. The van der Waals surface area contributed by atoms with Gasteiger partial charge < -0.3 is 10.3 Å². The number of carbonyl (C=O) groups is 1. The van der Waals surface area contributed by atoms with E-state index >= 15 is 0 Å². The quantitative estimate of drug-likeness (QED) is 0.834. The number of H-pyrrole nitrogens is 1. The van der Waals surface area contributed by atoms with E-state index in [0.717, 1.165) is 11.8 Å². The second-order valence-corrected chi connectivity index (χ2v) is 5.74. The van der Waals surface area contributed by atoms with E-state index in [1.807, 2.05) is 0 Å². The van der Waals surface area contributed by atoms with Crippen LogP contribution in [0, 0.1) is 11.8 Å². The highest BCUT2D eigenvalue weighted by Gasteiger charge is 2.24. The molecule has 0 bridgehead atoms. The zero-order valence-electron chi connectivity index (χ0n) is 10.8. The number of alkyl halides is 1. The Hall–Kier alpha value is -1.10. The maximum Gasteiger partial charge on any atom is 0.256 e. The highest BCUT2D eigenvalue weighted by atomic mass is 79.9. The van der Waals surface area contributed by atoms with Gasteiger partial charge in [-0.15, -0.1) is 0 Å². The van der Waals surface area contributed by atoms with Gasteiger partial charge in [-0.1, -0.05) is 28.8 Å². The molecule has 2 unspecified atom stereocenters. The largest absolute Gasteiger partial charge is 0.367 e. The van der Waals surface area contributed by atoms with Gasteiger partial charge in [0.05, 0.1) is 0 Å². The fraction of sp³-hybridized carbons (Fsp3) is 0.571. The molecule has 0 aliphatic heterocycles. The Labute approximate surface area is 121 Å². The van der Waals surface area contributed by atoms with Crippen LogP contribution in [0.25, 0.3) is 0 Å². The fourth-order valence-electron chi connectivity index (χ4n) is 2.67. The van der Waals surface area contributed by atoms with Gasteiger partial charge in [-0.05, 0) is 24.7 Å². The number of nitrogens with one attached hydrogen (secondary N) is 2. The summed E-state index contributed by atoms with van der Waals surface area (Å²) in [4.78, 5) is 26.3. The van der Waals surface area contributed by atoms with Crippen LogP contribution < -0.4 is 10.7 Å². The van der Waals surface area contributed by atoms with Crippen molar-refractivity contribution in [2.45, 2.75) is 25.7 Å². The molecule has 0 spiro atoms. The lowest BCUT2D eigenvalue weighted by Crippen LogP contribution is -2.36. The van der Waals surface area contributed by atoms with Crippen LogP contribution in [-0.4, -0.2) is 22.8 Å². The minimum absolute atomic E-state index is 0.189. The number of rotatable bonds is 4. The second kappa shape index (κ2) is 6.89. The van der Waals surface area contributed by atoms with Crippen LogP contribution in [0.2, 0.25) is 0 Å². The number of hydrogen-bond donors (Lipinski definition) is 2. The Morgan fingerprint density at radius 1 is 1.37 bits per heavy atom. The summed E-state index contributed by atoms with van der Waals surface area (Å²) in [6, 6.07) is 1.37. The van der Waals surface area contributed by atoms with E-state index in [2.05, 4.69) is 26.2 Å². The number of pyridine rings is 1. The van der Waals surface area contributed by atoms with Crippen LogP contribution in [0.5, 0.6) is 0 Å². The van der Waals surface area contributed by atoms with Crippen molar-refractivity contribution in [1.82, 2.24) is 10.3 Å². The second-order valence-electron chi connectivity index (χ2n) is 5.09. The van der Waals surface area contributed by atoms with E-state index in [-0.39, 0.29) is 16.9 Å². The molecule has 19 heavy (non-hydrogen) atoms. The molecule has 1 aromatic heterocycles. The summed E-state index contributed by atoms with van der Waals surface area (Å²) in [6.07, 6.45) is 7.87. The van der Waals surface area contributed by atoms with Crippen molar-refractivity contribution in [3.8, 4) is 0 Å². The van der Waals surface area contributed by atoms with Gasteiger partial charge in [0.1, 0.15) is 5.56 Å².